The molecule has 2 rings (SSSR count). The number of thiocarbonyl (C=S) groups is 1. The van der Waals surface area contributed by atoms with E-state index in [-0.39, 0.29) is 21.2 Å². The van der Waals surface area contributed by atoms with E-state index in [2.05, 4.69) is 10.6 Å². The molecular weight excluding hydrogens is 379 g/mol. The van der Waals surface area contributed by atoms with Crippen LogP contribution in [0.1, 0.15) is 31.2 Å². The molecule has 0 fully saturated rings. The van der Waals surface area contributed by atoms with Crippen LogP contribution in [-0.2, 0) is 9.47 Å². The van der Waals surface area contributed by atoms with Gasteiger partial charge >= 0.3 is 11.9 Å². The number of benzene rings is 1. The van der Waals surface area contributed by atoms with Crippen LogP contribution in [0.4, 0.5) is 15.1 Å². The first-order valence-corrected chi connectivity index (χ1v) is 8.65. The fraction of sp³-hybridized carbons (Fsp3) is 0.235. The van der Waals surface area contributed by atoms with Crippen molar-refractivity contribution in [1.82, 2.24) is 0 Å². The van der Waals surface area contributed by atoms with E-state index in [0.29, 0.717) is 10.6 Å². The van der Waals surface area contributed by atoms with Crippen molar-refractivity contribution in [2.45, 2.75) is 13.8 Å². The molecule has 0 atom stereocenters. The Kier molecular flexibility index (Phi) is 6.27. The number of esters is 2. The number of carbonyl (C=O) groups is 2. The molecule has 0 saturated heterocycles. The van der Waals surface area contributed by atoms with Gasteiger partial charge in [-0.1, -0.05) is 6.07 Å². The molecular formula is C17H17FN2O4S2. The third-order valence-corrected chi connectivity index (χ3v) is 4.90. The molecule has 0 aliphatic carbocycles. The van der Waals surface area contributed by atoms with Gasteiger partial charge in [0.2, 0.25) is 0 Å². The maximum absolute atomic E-state index is 13.9. The molecule has 0 unspecified atom stereocenters. The highest BCUT2D eigenvalue weighted by Crippen LogP contribution is 2.34. The Morgan fingerprint density at radius 1 is 1.12 bits per heavy atom. The quantitative estimate of drug-likeness (QED) is 0.600. The highest BCUT2D eigenvalue weighted by molar-refractivity contribution is 7.80. The summed E-state index contributed by atoms with van der Waals surface area (Å²) in [5.41, 5.74) is 1.64. The normalized spacial score (nSPS) is 10.2. The molecule has 138 valence electrons. The van der Waals surface area contributed by atoms with Crippen LogP contribution in [-0.4, -0.2) is 31.3 Å². The molecule has 2 aromatic rings. The zero-order valence-electron chi connectivity index (χ0n) is 14.6. The summed E-state index contributed by atoms with van der Waals surface area (Å²) in [7, 11) is 2.48. The first-order chi connectivity index (χ1) is 12.3. The van der Waals surface area contributed by atoms with Crippen molar-refractivity contribution >= 4 is 51.3 Å². The van der Waals surface area contributed by atoms with Gasteiger partial charge in [-0.25, -0.2) is 14.0 Å². The summed E-state index contributed by atoms with van der Waals surface area (Å²) in [6.07, 6.45) is 0. The van der Waals surface area contributed by atoms with E-state index < -0.39 is 17.8 Å². The second kappa shape index (κ2) is 8.24. The van der Waals surface area contributed by atoms with Crippen LogP contribution in [0.25, 0.3) is 0 Å². The lowest BCUT2D eigenvalue weighted by Gasteiger charge is -2.12. The number of thiophene rings is 1. The van der Waals surface area contributed by atoms with Crippen molar-refractivity contribution in [3.05, 3.63) is 45.6 Å². The van der Waals surface area contributed by atoms with Gasteiger partial charge in [0.15, 0.2) is 5.11 Å². The number of rotatable bonds is 4. The zero-order chi connectivity index (χ0) is 19.4. The topological polar surface area (TPSA) is 76.7 Å². The van der Waals surface area contributed by atoms with Crippen LogP contribution in [0.3, 0.4) is 0 Å². The van der Waals surface area contributed by atoms with E-state index in [9.17, 15) is 14.0 Å². The van der Waals surface area contributed by atoms with E-state index in [0.717, 1.165) is 16.9 Å². The second-order valence-corrected chi connectivity index (χ2v) is 6.73. The number of nitrogens with one attached hydrogen (secondary N) is 2. The maximum atomic E-state index is 13.9. The van der Waals surface area contributed by atoms with Gasteiger partial charge in [-0.05, 0) is 49.3 Å². The SMILES string of the molecule is COC(=O)c1sc(NC(=S)Nc2cc(C)ccc2F)c(C(=O)OC)c1C. The lowest BCUT2D eigenvalue weighted by molar-refractivity contribution is 0.0601. The summed E-state index contributed by atoms with van der Waals surface area (Å²) < 4.78 is 23.4. The minimum absolute atomic E-state index is 0.0670. The fourth-order valence-electron chi connectivity index (χ4n) is 2.23. The Balaban J connectivity index is 2.32. The van der Waals surface area contributed by atoms with Gasteiger partial charge in [-0.15, -0.1) is 11.3 Å². The van der Waals surface area contributed by atoms with Crippen LogP contribution < -0.4 is 10.6 Å². The Morgan fingerprint density at radius 3 is 2.38 bits per heavy atom. The number of carbonyl (C=O) groups excluding carboxylic acids is 2. The van der Waals surface area contributed by atoms with Crippen LogP contribution >= 0.6 is 23.6 Å². The number of hydrogen-bond donors (Lipinski definition) is 2. The molecule has 9 heteroatoms. The maximum Gasteiger partial charge on any atom is 0.348 e. The van der Waals surface area contributed by atoms with Gasteiger partial charge < -0.3 is 20.1 Å². The summed E-state index contributed by atoms with van der Waals surface area (Å²) in [5.74, 6) is -1.67. The number of anilines is 2. The van der Waals surface area contributed by atoms with Gasteiger partial charge in [-0.2, -0.15) is 0 Å². The zero-order valence-corrected chi connectivity index (χ0v) is 16.2. The third kappa shape index (κ3) is 4.17. The van der Waals surface area contributed by atoms with Gasteiger partial charge in [0.05, 0.1) is 25.5 Å². The lowest BCUT2D eigenvalue weighted by atomic mass is 10.1. The molecule has 1 heterocycles. The van der Waals surface area contributed by atoms with Crippen molar-refractivity contribution in [3.63, 3.8) is 0 Å². The van der Waals surface area contributed by atoms with E-state index in [1.807, 2.05) is 6.92 Å². The second-order valence-electron chi connectivity index (χ2n) is 5.31. The summed E-state index contributed by atoms with van der Waals surface area (Å²) >= 11 is 6.20. The Bertz CT molecular complexity index is 880. The van der Waals surface area contributed by atoms with Crippen LogP contribution in [0.5, 0.6) is 0 Å². The minimum Gasteiger partial charge on any atom is -0.465 e. The minimum atomic E-state index is -0.624. The molecule has 26 heavy (non-hydrogen) atoms. The Morgan fingerprint density at radius 2 is 1.77 bits per heavy atom. The molecule has 0 aliphatic rings. The van der Waals surface area contributed by atoms with Gasteiger partial charge in [0.25, 0.3) is 0 Å². The highest BCUT2D eigenvalue weighted by Gasteiger charge is 2.26. The summed E-state index contributed by atoms with van der Waals surface area (Å²) in [6, 6.07) is 4.56. The largest absolute Gasteiger partial charge is 0.465 e. The lowest BCUT2D eigenvalue weighted by Crippen LogP contribution is -2.20. The summed E-state index contributed by atoms with van der Waals surface area (Å²) in [5, 5.41) is 5.94. The first-order valence-electron chi connectivity index (χ1n) is 7.42. The molecule has 2 N–H and O–H groups in total. The van der Waals surface area contributed by atoms with E-state index >= 15 is 0 Å². The third-order valence-electron chi connectivity index (χ3n) is 3.50. The molecule has 1 aromatic heterocycles. The molecule has 0 bridgehead atoms. The number of aryl methyl sites for hydroxylation is 1. The predicted octanol–water partition coefficient (Wildman–Crippen LogP) is 3.89. The monoisotopic (exact) mass is 396 g/mol. The molecule has 0 radical (unpaired) electrons. The predicted molar refractivity (Wildman–Crippen MR) is 103 cm³/mol. The Labute approximate surface area is 159 Å². The van der Waals surface area contributed by atoms with E-state index in [4.69, 9.17) is 21.7 Å². The summed E-state index contributed by atoms with van der Waals surface area (Å²) in [6.45, 7) is 3.43. The van der Waals surface area contributed by atoms with Gasteiger partial charge in [0.1, 0.15) is 15.7 Å². The highest BCUT2D eigenvalue weighted by atomic mass is 32.1. The molecule has 1 aromatic carbocycles. The van der Waals surface area contributed by atoms with Crippen molar-refractivity contribution in [1.29, 1.82) is 0 Å². The van der Waals surface area contributed by atoms with Crippen LogP contribution in [0.15, 0.2) is 18.2 Å². The smallest absolute Gasteiger partial charge is 0.348 e. The Hall–Kier alpha value is -2.52. The number of methoxy groups -OCH3 is 2. The molecule has 0 saturated carbocycles. The average molecular weight is 396 g/mol. The molecule has 0 amide bonds. The molecule has 0 aliphatic heterocycles. The fourth-order valence-corrected chi connectivity index (χ4v) is 3.62. The van der Waals surface area contributed by atoms with Crippen molar-refractivity contribution in [2.75, 3.05) is 24.9 Å². The van der Waals surface area contributed by atoms with Crippen molar-refractivity contribution < 1.29 is 23.5 Å². The van der Waals surface area contributed by atoms with Crippen LogP contribution in [0.2, 0.25) is 0 Å². The molecule has 6 nitrogen and oxygen atoms in total. The number of hydrogen-bond acceptors (Lipinski definition) is 6. The van der Waals surface area contributed by atoms with Crippen LogP contribution in [0, 0.1) is 19.7 Å². The van der Waals surface area contributed by atoms with E-state index in [1.165, 1.54) is 20.3 Å². The average Bonchev–Trinajstić information content (AvgIpc) is 2.92. The summed E-state index contributed by atoms with van der Waals surface area (Å²) in [4.78, 5) is 24.2. The number of ether oxygens (including phenoxy) is 2. The number of halogens is 1. The van der Waals surface area contributed by atoms with Gasteiger partial charge in [-0.3, -0.25) is 0 Å². The molecule has 0 spiro atoms. The van der Waals surface area contributed by atoms with Gasteiger partial charge in [0, 0.05) is 0 Å². The standard InChI is InChI=1S/C17H17FN2O4S2/c1-8-5-6-10(18)11(7-8)19-17(25)20-14-12(15(21)23-3)9(2)13(26-14)16(22)24-4/h5-7H,1-4H3,(H2,19,20,25). The first kappa shape index (κ1) is 19.8. The van der Waals surface area contributed by atoms with Crippen molar-refractivity contribution in [3.8, 4) is 0 Å². The van der Waals surface area contributed by atoms with E-state index in [1.54, 1.807) is 19.1 Å². The van der Waals surface area contributed by atoms with Crippen molar-refractivity contribution in [2.24, 2.45) is 0 Å².